The monoisotopic (exact) mass is 275 g/mol. The van der Waals surface area contributed by atoms with Crippen molar-refractivity contribution in [1.29, 1.82) is 0 Å². The fourth-order valence-corrected chi connectivity index (χ4v) is 4.26. The molecule has 0 aliphatic carbocycles. The Morgan fingerprint density at radius 1 is 1.33 bits per heavy atom. The van der Waals surface area contributed by atoms with Gasteiger partial charge >= 0.3 is 0 Å². The van der Waals surface area contributed by atoms with Crippen LogP contribution < -0.4 is 11.3 Å². The van der Waals surface area contributed by atoms with Crippen LogP contribution in [0.5, 0.6) is 0 Å². The Kier molecular flexibility index (Phi) is 4.31. The normalized spacial score (nSPS) is 34.7. The first-order valence-corrected chi connectivity index (χ1v) is 8.82. The van der Waals surface area contributed by atoms with Gasteiger partial charge in [-0.15, -0.1) is 0 Å². The van der Waals surface area contributed by atoms with Crippen LogP contribution in [0.25, 0.3) is 0 Å². The zero-order chi connectivity index (χ0) is 13.3. The number of hydrogen-bond acceptors (Lipinski definition) is 5. The molecule has 2 heterocycles. The van der Waals surface area contributed by atoms with E-state index in [0.29, 0.717) is 24.4 Å². The molecule has 0 amide bonds. The van der Waals surface area contributed by atoms with E-state index in [2.05, 4.69) is 17.4 Å². The van der Waals surface area contributed by atoms with Crippen LogP contribution in [-0.4, -0.2) is 50.5 Å². The largest absolute Gasteiger partial charge is 0.300 e. The molecule has 2 rings (SSSR count). The predicted octanol–water partition coefficient (Wildman–Crippen LogP) is 0.126. The Morgan fingerprint density at radius 2 is 1.89 bits per heavy atom. The lowest BCUT2D eigenvalue weighted by atomic mass is 9.84. The SMILES string of the molecule is CN1C2CCC1CC(C(CCS(C)(=O)=O)NN)C2. The molecule has 3 unspecified atom stereocenters. The number of piperidine rings is 1. The van der Waals surface area contributed by atoms with Crippen LogP contribution in [0.4, 0.5) is 0 Å². The second kappa shape index (κ2) is 5.45. The molecule has 2 bridgehead atoms. The molecular weight excluding hydrogens is 250 g/mol. The fraction of sp³-hybridized carbons (Fsp3) is 1.00. The second-order valence-corrected chi connectivity index (χ2v) is 8.23. The first-order chi connectivity index (χ1) is 8.40. The summed E-state index contributed by atoms with van der Waals surface area (Å²) in [7, 11) is -0.688. The molecule has 5 nitrogen and oxygen atoms in total. The highest BCUT2D eigenvalue weighted by Crippen LogP contribution is 2.39. The Hall–Kier alpha value is -0.170. The molecule has 3 N–H and O–H groups in total. The highest BCUT2D eigenvalue weighted by atomic mass is 32.2. The molecule has 0 saturated carbocycles. The van der Waals surface area contributed by atoms with Crippen LogP contribution in [0.2, 0.25) is 0 Å². The van der Waals surface area contributed by atoms with E-state index >= 15 is 0 Å². The van der Waals surface area contributed by atoms with E-state index in [1.165, 1.54) is 19.1 Å². The van der Waals surface area contributed by atoms with Gasteiger partial charge in [-0.2, -0.15) is 0 Å². The molecular formula is C12H25N3O2S. The van der Waals surface area contributed by atoms with Gasteiger partial charge in [-0.3, -0.25) is 11.3 Å². The van der Waals surface area contributed by atoms with Crippen LogP contribution in [-0.2, 0) is 9.84 Å². The van der Waals surface area contributed by atoms with Crippen LogP contribution in [0.3, 0.4) is 0 Å². The predicted molar refractivity (Wildman–Crippen MR) is 72.7 cm³/mol. The molecule has 3 atom stereocenters. The first-order valence-electron chi connectivity index (χ1n) is 6.76. The first kappa shape index (κ1) is 14.2. The summed E-state index contributed by atoms with van der Waals surface area (Å²) < 4.78 is 22.5. The van der Waals surface area contributed by atoms with Crippen molar-refractivity contribution in [1.82, 2.24) is 10.3 Å². The van der Waals surface area contributed by atoms with E-state index in [-0.39, 0.29) is 11.8 Å². The van der Waals surface area contributed by atoms with E-state index in [9.17, 15) is 8.42 Å². The number of nitrogens with one attached hydrogen (secondary N) is 1. The summed E-state index contributed by atoms with van der Waals surface area (Å²) in [5, 5.41) is 0. The Morgan fingerprint density at radius 3 is 2.33 bits per heavy atom. The third-order valence-corrected chi connectivity index (χ3v) is 5.69. The summed E-state index contributed by atoms with van der Waals surface area (Å²) in [5.41, 5.74) is 2.85. The van der Waals surface area contributed by atoms with E-state index in [4.69, 9.17) is 5.84 Å². The van der Waals surface area contributed by atoms with Gasteiger partial charge in [-0.1, -0.05) is 0 Å². The second-order valence-electron chi connectivity index (χ2n) is 5.97. The van der Waals surface area contributed by atoms with Crippen molar-refractivity contribution in [2.45, 2.75) is 50.2 Å². The van der Waals surface area contributed by atoms with Gasteiger partial charge in [0.05, 0.1) is 5.75 Å². The lowest BCUT2D eigenvalue weighted by Crippen LogP contribution is -2.49. The summed E-state index contributed by atoms with van der Waals surface area (Å²) >= 11 is 0. The molecule has 2 fully saturated rings. The average molecular weight is 275 g/mol. The Labute approximate surface area is 110 Å². The molecule has 18 heavy (non-hydrogen) atoms. The minimum atomic E-state index is -2.90. The molecule has 0 aromatic carbocycles. The number of nitrogens with zero attached hydrogens (tertiary/aromatic N) is 1. The number of sulfone groups is 1. The van der Waals surface area contributed by atoms with Crippen molar-refractivity contribution in [3.05, 3.63) is 0 Å². The van der Waals surface area contributed by atoms with Gasteiger partial charge in [0.1, 0.15) is 9.84 Å². The lowest BCUT2D eigenvalue weighted by molar-refractivity contribution is 0.111. The summed E-state index contributed by atoms with van der Waals surface area (Å²) in [6, 6.07) is 1.47. The van der Waals surface area contributed by atoms with Crippen molar-refractivity contribution in [2.75, 3.05) is 19.1 Å². The molecule has 106 valence electrons. The maximum Gasteiger partial charge on any atom is 0.147 e. The Balaban J connectivity index is 1.93. The summed E-state index contributed by atoms with van der Waals surface area (Å²) in [6.45, 7) is 0. The minimum Gasteiger partial charge on any atom is -0.300 e. The fourth-order valence-electron chi connectivity index (χ4n) is 3.58. The van der Waals surface area contributed by atoms with Crippen molar-refractivity contribution in [2.24, 2.45) is 11.8 Å². The zero-order valence-corrected chi connectivity index (χ0v) is 12.1. The number of hydrazine groups is 1. The Bertz CT molecular complexity index is 371. The van der Waals surface area contributed by atoms with E-state index in [1.807, 2.05) is 0 Å². The quantitative estimate of drug-likeness (QED) is 0.551. The van der Waals surface area contributed by atoms with Crippen molar-refractivity contribution < 1.29 is 8.42 Å². The van der Waals surface area contributed by atoms with E-state index < -0.39 is 9.84 Å². The van der Waals surface area contributed by atoms with E-state index in [1.54, 1.807) is 0 Å². The molecule has 0 spiro atoms. The maximum absolute atomic E-state index is 11.3. The van der Waals surface area contributed by atoms with Gasteiger partial charge < -0.3 is 4.90 Å². The van der Waals surface area contributed by atoms with Gasteiger partial charge in [-0.25, -0.2) is 8.42 Å². The molecule has 0 radical (unpaired) electrons. The smallest absolute Gasteiger partial charge is 0.147 e. The van der Waals surface area contributed by atoms with Gasteiger partial charge in [-0.05, 0) is 45.1 Å². The van der Waals surface area contributed by atoms with Crippen molar-refractivity contribution in [3.63, 3.8) is 0 Å². The van der Waals surface area contributed by atoms with Crippen LogP contribution >= 0.6 is 0 Å². The zero-order valence-electron chi connectivity index (χ0n) is 11.3. The minimum absolute atomic E-state index is 0.136. The van der Waals surface area contributed by atoms with Crippen LogP contribution in [0, 0.1) is 5.92 Å². The van der Waals surface area contributed by atoms with Crippen LogP contribution in [0.1, 0.15) is 32.1 Å². The number of rotatable bonds is 5. The molecule has 2 aliphatic heterocycles. The highest BCUT2D eigenvalue weighted by Gasteiger charge is 2.40. The maximum atomic E-state index is 11.3. The summed E-state index contributed by atoms with van der Waals surface area (Å²) in [5.74, 6) is 6.37. The summed E-state index contributed by atoms with van der Waals surface area (Å²) in [4.78, 5) is 2.49. The van der Waals surface area contributed by atoms with Crippen LogP contribution in [0.15, 0.2) is 0 Å². The standard InChI is InChI=1S/C12H25N3O2S/c1-15-10-3-4-11(15)8-9(7-10)12(14-13)5-6-18(2,16)17/h9-12,14H,3-8,13H2,1-2H3. The number of nitrogens with two attached hydrogens (primary N) is 1. The number of hydrogen-bond donors (Lipinski definition) is 2. The van der Waals surface area contributed by atoms with Gasteiger partial charge in [0.2, 0.25) is 0 Å². The topological polar surface area (TPSA) is 75.4 Å². The number of fused-ring (bicyclic) bond motifs is 2. The molecule has 2 saturated heterocycles. The highest BCUT2D eigenvalue weighted by molar-refractivity contribution is 7.90. The summed E-state index contributed by atoms with van der Waals surface area (Å²) in [6.07, 6.45) is 6.77. The average Bonchev–Trinajstić information content (AvgIpc) is 2.52. The van der Waals surface area contributed by atoms with Crippen molar-refractivity contribution >= 4 is 9.84 Å². The third kappa shape index (κ3) is 3.23. The van der Waals surface area contributed by atoms with Crippen molar-refractivity contribution in [3.8, 4) is 0 Å². The van der Waals surface area contributed by atoms with Gasteiger partial charge in [0.15, 0.2) is 0 Å². The van der Waals surface area contributed by atoms with Gasteiger partial charge in [0.25, 0.3) is 0 Å². The molecule has 2 aliphatic rings. The molecule has 6 heteroatoms. The molecule has 0 aromatic heterocycles. The van der Waals surface area contributed by atoms with E-state index in [0.717, 1.165) is 12.8 Å². The molecule has 0 aromatic rings. The van der Waals surface area contributed by atoms with Gasteiger partial charge in [0, 0.05) is 24.4 Å². The third-order valence-electron chi connectivity index (χ3n) is 4.72. The lowest BCUT2D eigenvalue weighted by Gasteiger charge is -2.39.